The summed E-state index contributed by atoms with van der Waals surface area (Å²) in [6.07, 6.45) is -0.738. The molecule has 0 spiro atoms. The van der Waals surface area contributed by atoms with Crippen LogP contribution in [-0.4, -0.2) is 17.0 Å². The number of aromatic nitrogens is 1. The van der Waals surface area contributed by atoms with E-state index in [2.05, 4.69) is 5.32 Å². The second-order valence-corrected chi connectivity index (χ2v) is 9.34. The van der Waals surface area contributed by atoms with Gasteiger partial charge in [-0.25, -0.2) is 18.0 Å². The van der Waals surface area contributed by atoms with Gasteiger partial charge in [-0.1, -0.05) is 24.6 Å². The molecular weight excluding hydrogens is 497 g/mol. The largest absolute Gasteiger partial charge is 0.618 e. The molecule has 188 valence electrons. The normalized spacial score (nSPS) is 17.6. The number of nitrogens with zero attached hydrogens (tertiary/aromatic N) is 1. The Kier molecular flexibility index (Phi) is 7.21. The maximum absolute atomic E-state index is 14.7. The molecule has 0 bridgehead atoms. The molecule has 2 N–H and O–H groups in total. The molecule has 1 aromatic heterocycles. The maximum atomic E-state index is 14.7. The molecule has 3 atom stereocenters. The lowest BCUT2D eigenvalue weighted by Crippen LogP contribution is -2.37. The fourth-order valence-electron chi connectivity index (χ4n) is 4.27. The van der Waals surface area contributed by atoms with E-state index in [0.717, 1.165) is 24.8 Å². The zero-order valence-corrected chi connectivity index (χ0v) is 19.8. The second-order valence-electron chi connectivity index (χ2n) is 8.93. The number of carboxylic acid groups (broad SMARTS) is 1. The van der Waals surface area contributed by atoms with Crippen LogP contribution in [0.15, 0.2) is 54.7 Å². The van der Waals surface area contributed by atoms with E-state index < -0.39 is 41.2 Å². The lowest BCUT2D eigenvalue weighted by Gasteiger charge is -2.18. The van der Waals surface area contributed by atoms with Crippen LogP contribution in [-0.2, 0) is 4.79 Å². The Morgan fingerprint density at radius 2 is 1.83 bits per heavy atom. The Bertz CT molecular complexity index is 1320. The summed E-state index contributed by atoms with van der Waals surface area (Å²) >= 11 is 5.80. The molecule has 1 aliphatic rings. The number of carbonyl (C=O) groups excluding carboxylic acids is 1. The number of hydrogen-bond donors (Lipinski definition) is 2. The average Bonchev–Trinajstić information content (AvgIpc) is 3.53. The molecule has 1 heterocycles. The Balaban J connectivity index is 1.67. The van der Waals surface area contributed by atoms with Crippen LogP contribution < -0.4 is 10.0 Å². The number of rotatable bonds is 8. The highest BCUT2D eigenvalue weighted by Crippen LogP contribution is 2.45. The van der Waals surface area contributed by atoms with Crippen LogP contribution in [0.3, 0.4) is 0 Å². The van der Waals surface area contributed by atoms with E-state index in [-0.39, 0.29) is 27.8 Å². The first-order chi connectivity index (χ1) is 17.1. The maximum Gasteiger partial charge on any atom is 0.335 e. The van der Waals surface area contributed by atoms with Gasteiger partial charge in [-0.2, -0.15) is 4.73 Å². The molecule has 2 aromatic carbocycles. The molecule has 1 fully saturated rings. The molecule has 0 radical (unpaired) electrons. The Hall–Kier alpha value is -3.59. The number of nitrogens with one attached hydrogen (secondary N) is 1. The summed E-state index contributed by atoms with van der Waals surface area (Å²) < 4.78 is 42.1. The van der Waals surface area contributed by atoms with E-state index in [1.807, 2.05) is 6.92 Å². The molecule has 0 saturated heterocycles. The topological polar surface area (TPSA) is 93.3 Å². The summed E-state index contributed by atoms with van der Waals surface area (Å²) in [4.78, 5) is 24.2. The lowest BCUT2D eigenvalue weighted by atomic mass is 9.94. The molecule has 1 saturated carbocycles. The molecule has 10 heteroatoms. The summed E-state index contributed by atoms with van der Waals surface area (Å²) in [6.45, 7) is 2.03. The Morgan fingerprint density at radius 3 is 2.39 bits per heavy atom. The third-order valence-electron chi connectivity index (χ3n) is 6.48. The number of alkyl halides is 2. The van der Waals surface area contributed by atoms with Gasteiger partial charge < -0.3 is 15.6 Å². The number of aromatic carboxylic acids is 1. The molecule has 0 aliphatic heterocycles. The number of pyridine rings is 1. The first-order valence-corrected chi connectivity index (χ1v) is 11.6. The molecule has 2 unspecified atom stereocenters. The van der Waals surface area contributed by atoms with Gasteiger partial charge in [-0.15, -0.1) is 0 Å². The SMILES string of the molecule is CC1CC1C[C@H](C(=O)Nc1ccc(C(=O)O)cc1)c1ccc(-c2c(C(F)F)ccc(Cl)c2F)c[n+]1[O-]. The zero-order chi connectivity index (χ0) is 26.1. The van der Waals surface area contributed by atoms with Gasteiger partial charge in [0.1, 0.15) is 11.7 Å². The van der Waals surface area contributed by atoms with Gasteiger partial charge in [0.05, 0.1) is 16.1 Å². The highest BCUT2D eigenvalue weighted by molar-refractivity contribution is 6.31. The van der Waals surface area contributed by atoms with E-state index in [1.54, 1.807) is 0 Å². The predicted octanol–water partition coefficient (Wildman–Crippen LogP) is 6.18. The number of benzene rings is 2. The van der Waals surface area contributed by atoms with Crippen LogP contribution in [0.5, 0.6) is 0 Å². The van der Waals surface area contributed by atoms with Gasteiger partial charge in [-0.05, 0) is 61.1 Å². The van der Waals surface area contributed by atoms with Crippen molar-refractivity contribution in [3.63, 3.8) is 0 Å². The standard InChI is InChI=1S/C26H22ClF3N2O4/c1-13-10-16(13)11-19(25(33)31-17-5-2-14(3-6-17)26(34)35)21-9-4-15(12-32(21)36)22-18(24(29)30)7-8-20(27)23(22)28/h2-9,12-13,16,19,24H,10-11H2,1H3,(H,31,33)(H,34,35)/t13?,16?,19-/m0/s1. The van der Waals surface area contributed by atoms with Crippen LogP contribution in [0, 0.1) is 22.9 Å². The monoisotopic (exact) mass is 518 g/mol. The van der Waals surface area contributed by atoms with Crippen molar-refractivity contribution in [1.82, 2.24) is 0 Å². The second kappa shape index (κ2) is 10.2. The third-order valence-corrected chi connectivity index (χ3v) is 6.77. The highest BCUT2D eigenvalue weighted by atomic mass is 35.5. The summed E-state index contributed by atoms with van der Waals surface area (Å²) in [6, 6.07) is 10.3. The summed E-state index contributed by atoms with van der Waals surface area (Å²) in [7, 11) is 0. The smallest absolute Gasteiger partial charge is 0.335 e. The van der Waals surface area contributed by atoms with E-state index in [9.17, 15) is 28.0 Å². The average molecular weight is 519 g/mol. The first-order valence-electron chi connectivity index (χ1n) is 11.2. The minimum absolute atomic E-state index is 0.0563. The van der Waals surface area contributed by atoms with Gasteiger partial charge in [-0.3, -0.25) is 4.79 Å². The van der Waals surface area contributed by atoms with Crippen LogP contribution in [0.4, 0.5) is 18.9 Å². The van der Waals surface area contributed by atoms with E-state index in [0.29, 0.717) is 22.8 Å². The summed E-state index contributed by atoms with van der Waals surface area (Å²) in [5.41, 5.74) is -0.665. The van der Waals surface area contributed by atoms with Crippen molar-refractivity contribution < 1.29 is 32.6 Å². The van der Waals surface area contributed by atoms with Crippen LogP contribution in [0.2, 0.25) is 5.02 Å². The number of carbonyl (C=O) groups is 2. The van der Waals surface area contributed by atoms with E-state index in [1.165, 1.54) is 36.4 Å². The third kappa shape index (κ3) is 5.31. The number of hydrogen-bond acceptors (Lipinski definition) is 3. The highest BCUT2D eigenvalue weighted by Gasteiger charge is 2.40. The van der Waals surface area contributed by atoms with Gasteiger partial charge in [0.25, 0.3) is 6.43 Å². The van der Waals surface area contributed by atoms with Gasteiger partial charge in [0.2, 0.25) is 11.6 Å². The number of carboxylic acids is 1. The van der Waals surface area contributed by atoms with Crippen molar-refractivity contribution in [1.29, 1.82) is 0 Å². The van der Waals surface area contributed by atoms with Gasteiger partial charge >= 0.3 is 5.97 Å². The van der Waals surface area contributed by atoms with Crippen molar-refractivity contribution in [3.05, 3.63) is 87.6 Å². The minimum atomic E-state index is -2.99. The van der Waals surface area contributed by atoms with Crippen molar-refractivity contribution in [2.45, 2.75) is 32.1 Å². The fraction of sp³-hybridized carbons (Fsp3) is 0.269. The summed E-state index contributed by atoms with van der Waals surface area (Å²) in [5.74, 6) is -2.89. The first kappa shape index (κ1) is 25.5. The molecule has 1 amide bonds. The summed E-state index contributed by atoms with van der Waals surface area (Å²) in [5, 5.41) is 24.4. The molecule has 36 heavy (non-hydrogen) atoms. The van der Waals surface area contributed by atoms with E-state index in [4.69, 9.17) is 16.7 Å². The molecule has 3 aromatic rings. The quantitative estimate of drug-likeness (QED) is 0.275. The van der Waals surface area contributed by atoms with Crippen molar-refractivity contribution in [3.8, 4) is 11.1 Å². The van der Waals surface area contributed by atoms with Crippen LogP contribution in [0.25, 0.3) is 11.1 Å². The van der Waals surface area contributed by atoms with Gasteiger partial charge in [0.15, 0.2) is 6.20 Å². The zero-order valence-electron chi connectivity index (χ0n) is 19.1. The van der Waals surface area contributed by atoms with Crippen molar-refractivity contribution >= 4 is 29.2 Å². The molecular formula is C26H22ClF3N2O4. The van der Waals surface area contributed by atoms with Gasteiger partial charge in [0, 0.05) is 22.9 Å². The lowest BCUT2D eigenvalue weighted by molar-refractivity contribution is -0.614. The Morgan fingerprint density at radius 1 is 1.17 bits per heavy atom. The van der Waals surface area contributed by atoms with Crippen LogP contribution >= 0.6 is 11.6 Å². The number of amides is 1. The number of anilines is 1. The fourth-order valence-corrected chi connectivity index (χ4v) is 4.43. The molecule has 4 rings (SSSR count). The van der Waals surface area contributed by atoms with Crippen molar-refractivity contribution in [2.75, 3.05) is 5.32 Å². The van der Waals surface area contributed by atoms with E-state index >= 15 is 0 Å². The number of halogens is 4. The molecule has 1 aliphatic carbocycles. The van der Waals surface area contributed by atoms with Crippen LogP contribution in [0.1, 0.15) is 53.7 Å². The van der Waals surface area contributed by atoms with Crippen molar-refractivity contribution in [2.24, 2.45) is 11.8 Å². The Labute approximate surface area is 209 Å². The minimum Gasteiger partial charge on any atom is -0.618 e. The molecule has 6 nitrogen and oxygen atoms in total. The predicted molar refractivity (Wildman–Crippen MR) is 127 cm³/mol.